The Morgan fingerprint density at radius 3 is 2.98 bits per heavy atom. The Kier molecular flexibility index (Phi) is 9.88. The number of aromatic nitrogens is 5. The highest BCUT2D eigenvalue weighted by molar-refractivity contribution is 8.01. The average molecular weight is 608 g/mol. The largest absolute Gasteiger partial charge is 0.477 e. The Morgan fingerprint density at radius 1 is 1.43 bits per heavy atom. The number of anilines is 1. The van der Waals surface area contributed by atoms with Gasteiger partial charge in [-0.25, -0.2) is 14.5 Å². The number of thioether (sulfide) groups is 2. The van der Waals surface area contributed by atoms with Crippen LogP contribution in [0.25, 0.3) is 0 Å². The van der Waals surface area contributed by atoms with Crippen LogP contribution in [0.5, 0.6) is 0 Å². The van der Waals surface area contributed by atoms with E-state index in [2.05, 4.69) is 42.9 Å². The van der Waals surface area contributed by atoms with Crippen molar-refractivity contribution < 1.29 is 29.1 Å². The number of tetrazole rings is 1. The van der Waals surface area contributed by atoms with Crippen LogP contribution in [0.2, 0.25) is 0 Å². The zero-order valence-corrected chi connectivity index (χ0v) is 23.6. The summed E-state index contributed by atoms with van der Waals surface area (Å²) in [5.74, 6) is -1.93. The smallest absolute Gasteiger partial charge is 0.352 e. The monoisotopic (exact) mass is 607 g/mol. The fraction of sp³-hybridized carbons (Fsp3) is 0.409. The van der Waals surface area contributed by atoms with Crippen LogP contribution < -0.4 is 10.6 Å². The molecule has 2 atom stereocenters. The van der Waals surface area contributed by atoms with Gasteiger partial charge < -0.3 is 20.6 Å². The number of rotatable bonds is 15. The number of thiazole rings is 1. The van der Waals surface area contributed by atoms with Crippen LogP contribution in [-0.4, -0.2) is 94.6 Å². The Morgan fingerprint density at radius 2 is 2.25 bits per heavy atom. The molecule has 0 aliphatic carbocycles. The highest BCUT2D eigenvalue weighted by Gasteiger charge is 2.54. The Hall–Kier alpha value is -3.77. The number of allylic oxidation sites excluding steroid dienone is 1. The predicted octanol–water partition coefficient (Wildman–Crippen LogP) is 0.936. The summed E-state index contributed by atoms with van der Waals surface area (Å²) in [5.41, 5.74) is 0.416. The van der Waals surface area contributed by atoms with Crippen molar-refractivity contribution in [3.63, 3.8) is 0 Å². The van der Waals surface area contributed by atoms with Crippen LogP contribution in [0, 0.1) is 0 Å². The third kappa shape index (κ3) is 6.34. The minimum atomic E-state index is -1.24. The predicted molar refractivity (Wildman–Crippen MR) is 148 cm³/mol. The first kappa shape index (κ1) is 29.2. The van der Waals surface area contributed by atoms with Crippen LogP contribution in [0.15, 0.2) is 39.6 Å². The molecule has 3 N–H and O–H groups in total. The first-order valence-corrected chi connectivity index (χ1v) is 14.9. The second-order valence-electron chi connectivity index (χ2n) is 8.27. The van der Waals surface area contributed by atoms with Gasteiger partial charge in [0.2, 0.25) is 11.6 Å². The summed E-state index contributed by atoms with van der Waals surface area (Å²) >= 11 is 3.68. The number of nitrogens with zero attached hydrogens (tertiary/aromatic N) is 7. The van der Waals surface area contributed by atoms with Crippen molar-refractivity contribution in [2.24, 2.45) is 5.16 Å². The third-order valence-corrected chi connectivity index (χ3v) is 8.76. The van der Waals surface area contributed by atoms with Crippen molar-refractivity contribution in [2.45, 2.75) is 42.9 Å². The quantitative estimate of drug-likeness (QED) is 0.0494. The molecule has 1 fully saturated rings. The van der Waals surface area contributed by atoms with E-state index in [-0.39, 0.29) is 34.6 Å². The molecule has 15 nitrogen and oxygen atoms in total. The molecule has 3 amide bonds. The average Bonchev–Trinajstić information content (AvgIpc) is 3.59. The first-order chi connectivity index (χ1) is 19.4. The van der Waals surface area contributed by atoms with E-state index in [1.165, 1.54) is 38.5 Å². The lowest BCUT2D eigenvalue weighted by Gasteiger charge is -2.49. The van der Waals surface area contributed by atoms with Crippen LogP contribution in [0.3, 0.4) is 0 Å². The van der Waals surface area contributed by atoms with Crippen LogP contribution >= 0.6 is 34.9 Å². The van der Waals surface area contributed by atoms with Crippen molar-refractivity contribution in [1.29, 1.82) is 0 Å². The van der Waals surface area contributed by atoms with E-state index in [1.54, 1.807) is 6.08 Å². The Bertz CT molecular complexity index is 1360. The summed E-state index contributed by atoms with van der Waals surface area (Å²) in [4.78, 5) is 59.9. The topological polar surface area (TPSA) is 194 Å². The number of nitrogens with one attached hydrogen (secondary N) is 2. The summed E-state index contributed by atoms with van der Waals surface area (Å²) < 4.78 is 1.53. The fourth-order valence-electron chi connectivity index (χ4n) is 3.72. The van der Waals surface area contributed by atoms with Gasteiger partial charge in [0.05, 0.1) is 6.54 Å². The zero-order valence-electron chi connectivity index (χ0n) is 21.2. The molecule has 2 aromatic rings. The molecule has 0 radical (unpaired) electrons. The number of amides is 3. The van der Waals surface area contributed by atoms with Gasteiger partial charge in [-0.2, -0.15) is 0 Å². The maximum Gasteiger partial charge on any atom is 0.352 e. The molecule has 0 bridgehead atoms. The second kappa shape index (κ2) is 13.5. The molecular weight excluding hydrogens is 583 g/mol. The number of carboxylic acid groups (broad SMARTS) is 1. The molecule has 2 aliphatic heterocycles. The van der Waals surface area contributed by atoms with Gasteiger partial charge in [-0.3, -0.25) is 19.3 Å². The van der Waals surface area contributed by atoms with Crippen LogP contribution in [-0.2, 0) is 30.6 Å². The minimum absolute atomic E-state index is 0.115. The summed E-state index contributed by atoms with van der Waals surface area (Å²) in [6, 6.07) is -0.979. The number of carbonyl (C=O) groups excluding carboxylic acids is 3. The van der Waals surface area contributed by atoms with Crippen LogP contribution in [0.1, 0.15) is 25.5 Å². The number of hydrogen-bond donors (Lipinski definition) is 3. The Balaban J connectivity index is 1.48. The maximum absolute atomic E-state index is 13.2. The number of unbranched alkanes of at least 4 members (excludes halogenated alkanes) is 1. The van der Waals surface area contributed by atoms with Gasteiger partial charge in [0, 0.05) is 16.9 Å². The molecule has 2 aromatic heterocycles. The van der Waals surface area contributed by atoms with Gasteiger partial charge in [0.25, 0.3) is 11.8 Å². The molecule has 18 heteroatoms. The number of carboxylic acids is 1. The van der Waals surface area contributed by atoms with E-state index in [9.17, 15) is 24.3 Å². The molecule has 40 heavy (non-hydrogen) atoms. The highest BCUT2D eigenvalue weighted by atomic mass is 32.2. The number of hydrogen-bond acceptors (Lipinski definition) is 13. The van der Waals surface area contributed by atoms with Gasteiger partial charge in [-0.05, 0) is 22.4 Å². The molecule has 1 saturated heterocycles. The summed E-state index contributed by atoms with van der Waals surface area (Å²) in [7, 11) is 0. The van der Waals surface area contributed by atoms with E-state index in [1.807, 2.05) is 6.92 Å². The summed E-state index contributed by atoms with van der Waals surface area (Å²) in [5, 5.41) is 32.0. The standard InChI is InChI=1S/C22H25N9O6S3/c1-3-5-7-37-27-14(13-10-39-21(24-13)23-11-32)17(33)25-15-18(34)31-16(20(35)36)12(8-38-19(15)31)9-40-22-26-28-29-30(22)6-4-2/h4,10-11,15,19H,2-3,5-9H2,1H3,(H,25,33)(H,35,36)(H,23,24,32)/t15?,19-/m0/s1. The lowest BCUT2D eigenvalue weighted by atomic mass is 10.0. The van der Waals surface area contributed by atoms with Gasteiger partial charge in [-0.1, -0.05) is 36.3 Å². The molecule has 212 valence electrons. The van der Waals surface area contributed by atoms with E-state index in [0.29, 0.717) is 29.4 Å². The number of β-lactam (4-membered cyclic amide) rings is 1. The number of oxime groups is 1. The molecule has 2 aliphatic rings. The zero-order chi connectivity index (χ0) is 28.6. The first-order valence-electron chi connectivity index (χ1n) is 12.0. The SMILES string of the molecule is C=CCn1nnnc1SCC1=C(C(=O)O)N2C(=O)C(NC(=O)C(=NOCCCC)c3csc(NC=O)n3)[C@@H]2SC1. The van der Waals surface area contributed by atoms with Gasteiger partial charge in [0.1, 0.15) is 29.4 Å². The van der Waals surface area contributed by atoms with Crippen molar-refractivity contribution in [2.75, 3.05) is 23.4 Å². The second-order valence-corrected chi connectivity index (χ2v) is 11.2. The summed E-state index contributed by atoms with van der Waals surface area (Å²) in [6.45, 7) is 6.31. The van der Waals surface area contributed by atoms with Crippen LogP contribution in [0.4, 0.5) is 5.13 Å². The highest BCUT2D eigenvalue weighted by Crippen LogP contribution is 2.41. The molecule has 4 rings (SSSR count). The number of fused-ring (bicyclic) bond motifs is 1. The Labute approximate surface area is 240 Å². The lowest BCUT2D eigenvalue weighted by molar-refractivity contribution is -0.150. The molecule has 0 spiro atoms. The number of carbonyl (C=O) groups is 4. The van der Waals surface area contributed by atoms with Crippen molar-refractivity contribution in [3.05, 3.63) is 35.0 Å². The lowest BCUT2D eigenvalue weighted by Crippen LogP contribution is -2.71. The van der Waals surface area contributed by atoms with Gasteiger partial charge in [-0.15, -0.1) is 34.8 Å². The van der Waals surface area contributed by atoms with E-state index >= 15 is 0 Å². The third-order valence-electron chi connectivity index (χ3n) is 5.60. The van der Waals surface area contributed by atoms with E-state index < -0.39 is 29.2 Å². The fourth-order valence-corrected chi connectivity index (χ4v) is 6.74. The molecular formula is C22H25N9O6S3. The van der Waals surface area contributed by atoms with Gasteiger partial charge >= 0.3 is 5.97 Å². The molecule has 4 heterocycles. The van der Waals surface area contributed by atoms with E-state index in [4.69, 9.17) is 4.84 Å². The molecule has 1 unspecified atom stereocenters. The summed E-state index contributed by atoms with van der Waals surface area (Å²) in [6.07, 6.45) is 3.68. The maximum atomic E-state index is 13.2. The number of aliphatic carboxylic acids is 1. The van der Waals surface area contributed by atoms with Gasteiger partial charge in [0.15, 0.2) is 10.8 Å². The van der Waals surface area contributed by atoms with E-state index in [0.717, 1.165) is 24.2 Å². The normalized spacial score (nSPS) is 18.6. The molecule has 0 saturated carbocycles. The minimum Gasteiger partial charge on any atom is -0.477 e. The van der Waals surface area contributed by atoms with Crippen molar-refractivity contribution in [3.8, 4) is 0 Å². The molecule has 0 aromatic carbocycles. The van der Waals surface area contributed by atoms with Crippen molar-refractivity contribution >= 4 is 69.9 Å². The van der Waals surface area contributed by atoms with Crippen molar-refractivity contribution in [1.82, 2.24) is 35.4 Å².